The molecule has 0 bridgehead atoms. The van der Waals surface area contributed by atoms with Crippen molar-refractivity contribution in [2.24, 2.45) is 7.05 Å². The van der Waals surface area contributed by atoms with Crippen molar-refractivity contribution < 1.29 is 0 Å². The highest BCUT2D eigenvalue weighted by molar-refractivity contribution is 5.24. The Kier molecular flexibility index (Phi) is 4.38. The van der Waals surface area contributed by atoms with Crippen molar-refractivity contribution in [1.29, 1.82) is 0 Å². The van der Waals surface area contributed by atoms with Crippen molar-refractivity contribution in [1.82, 2.24) is 15.1 Å². The SMILES string of the molecule is CCC(NC(C)c1cnn(C)c1)c1ccc(C)cc1. The molecule has 102 valence electrons. The lowest BCUT2D eigenvalue weighted by atomic mass is 10.0. The van der Waals surface area contributed by atoms with Crippen LogP contribution in [0.2, 0.25) is 0 Å². The third kappa shape index (κ3) is 3.44. The van der Waals surface area contributed by atoms with Gasteiger partial charge in [0.15, 0.2) is 0 Å². The molecule has 2 unspecified atom stereocenters. The minimum absolute atomic E-state index is 0.306. The molecule has 0 saturated heterocycles. The number of benzene rings is 1. The largest absolute Gasteiger partial charge is 0.303 e. The van der Waals surface area contributed by atoms with Crippen LogP contribution >= 0.6 is 0 Å². The number of nitrogens with one attached hydrogen (secondary N) is 1. The van der Waals surface area contributed by atoms with Crippen molar-refractivity contribution in [3.8, 4) is 0 Å². The highest BCUT2D eigenvalue weighted by atomic mass is 15.2. The van der Waals surface area contributed by atoms with Crippen molar-refractivity contribution in [3.05, 3.63) is 53.3 Å². The molecule has 2 aromatic rings. The van der Waals surface area contributed by atoms with Crippen LogP contribution < -0.4 is 5.32 Å². The zero-order valence-electron chi connectivity index (χ0n) is 12.2. The average Bonchev–Trinajstić information content (AvgIpc) is 2.84. The van der Waals surface area contributed by atoms with Gasteiger partial charge >= 0.3 is 0 Å². The predicted octanol–water partition coefficient (Wildman–Crippen LogP) is 3.53. The summed E-state index contributed by atoms with van der Waals surface area (Å²) in [7, 11) is 1.95. The second-order valence-electron chi connectivity index (χ2n) is 5.21. The molecule has 19 heavy (non-hydrogen) atoms. The van der Waals surface area contributed by atoms with Crippen LogP contribution in [0.1, 0.15) is 49.0 Å². The third-order valence-corrected chi connectivity index (χ3v) is 3.56. The van der Waals surface area contributed by atoms with Crippen molar-refractivity contribution >= 4 is 0 Å². The zero-order valence-corrected chi connectivity index (χ0v) is 12.2. The molecular formula is C16H23N3. The van der Waals surface area contributed by atoms with Gasteiger partial charge < -0.3 is 5.32 Å². The number of hydrogen-bond acceptors (Lipinski definition) is 2. The van der Waals surface area contributed by atoms with Gasteiger partial charge in [-0.25, -0.2) is 0 Å². The molecule has 0 saturated carbocycles. The van der Waals surface area contributed by atoms with Gasteiger partial charge in [0.25, 0.3) is 0 Å². The summed E-state index contributed by atoms with van der Waals surface area (Å²) in [6, 6.07) is 9.47. The number of hydrogen-bond donors (Lipinski definition) is 1. The van der Waals surface area contributed by atoms with E-state index < -0.39 is 0 Å². The van der Waals surface area contributed by atoms with E-state index >= 15 is 0 Å². The van der Waals surface area contributed by atoms with Crippen molar-refractivity contribution in [3.63, 3.8) is 0 Å². The topological polar surface area (TPSA) is 29.9 Å². The molecule has 0 aliphatic heterocycles. The normalized spacial score (nSPS) is 14.3. The number of aryl methyl sites for hydroxylation is 2. The quantitative estimate of drug-likeness (QED) is 0.888. The van der Waals surface area contributed by atoms with Crippen molar-refractivity contribution in [2.45, 2.75) is 39.3 Å². The summed E-state index contributed by atoms with van der Waals surface area (Å²) in [5.41, 5.74) is 3.89. The van der Waals surface area contributed by atoms with E-state index in [9.17, 15) is 0 Å². The van der Waals surface area contributed by atoms with E-state index in [1.165, 1.54) is 16.7 Å². The maximum absolute atomic E-state index is 4.23. The van der Waals surface area contributed by atoms with Gasteiger partial charge in [-0.05, 0) is 25.8 Å². The molecule has 0 aliphatic rings. The molecule has 3 heteroatoms. The molecule has 0 fully saturated rings. The monoisotopic (exact) mass is 257 g/mol. The van der Waals surface area contributed by atoms with Gasteiger partial charge in [0.2, 0.25) is 0 Å². The Bertz CT molecular complexity index is 513. The summed E-state index contributed by atoms with van der Waals surface area (Å²) in [6.45, 7) is 6.53. The van der Waals surface area contributed by atoms with E-state index in [2.05, 4.69) is 61.6 Å². The van der Waals surface area contributed by atoms with Gasteiger partial charge in [-0.3, -0.25) is 4.68 Å². The van der Waals surface area contributed by atoms with Gasteiger partial charge in [0.1, 0.15) is 0 Å². The average molecular weight is 257 g/mol. The van der Waals surface area contributed by atoms with Gasteiger partial charge in [0.05, 0.1) is 6.20 Å². The Balaban J connectivity index is 2.08. The lowest BCUT2D eigenvalue weighted by molar-refractivity contribution is 0.456. The summed E-state index contributed by atoms with van der Waals surface area (Å²) >= 11 is 0. The molecule has 1 aromatic carbocycles. The van der Waals surface area contributed by atoms with Crippen LogP contribution in [0.3, 0.4) is 0 Å². The van der Waals surface area contributed by atoms with Gasteiger partial charge in [-0.1, -0.05) is 36.8 Å². The molecule has 0 amide bonds. The minimum Gasteiger partial charge on any atom is -0.303 e. The predicted molar refractivity (Wildman–Crippen MR) is 79.0 cm³/mol. The first-order valence-corrected chi connectivity index (χ1v) is 6.91. The fraction of sp³-hybridized carbons (Fsp3) is 0.438. The van der Waals surface area contributed by atoms with Crippen LogP contribution in [0.25, 0.3) is 0 Å². The highest BCUT2D eigenvalue weighted by Crippen LogP contribution is 2.22. The summed E-state index contributed by atoms with van der Waals surface area (Å²) < 4.78 is 1.85. The molecular weight excluding hydrogens is 234 g/mol. The summed E-state index contributed by atoms with van der Waals surface area (Å²) in [5.74, 6) is 0. The Hall–Kier alpha value is -1.61. The van der Waals surface area contributed by atoms with E-state index in [-0.39, 0.29) is 0 Å². The molecule has 0 aliphatic carbocycles. The Morgan fingerprint density at radius 1 is 1.21 bits per heavy atom. The fourth-order valence-electron chi connectivity index (χ4n) is 2.31. The molecule has 0 spiro atoms. The second-order valence-corrected chi connectivity index (χ2v) is 5.21. The molecule has 0 radical (unpaired) electrons. The van der Waals surface area contributed by atoms with Gasteiger partial charge in [-0.15, -0.1) is 0 Å². The number of rotatable bonds is 5. The van der Waals surface area contributed by atoms with Crippen LogP contribution in [0.5, 0.6) is 0 Å². The Labute approximate surface area is 115 Å². The van der Waals surface area contributed by atoms with E-state index in [1.54, 1.807) is 0 Å². The first kappa shape index (κ1) is 13.8. The zero-order chi connectivity index (χ0) is 13.8. The lowest BCUT2D eigenvalue weighted by Crippen LogP contribution is -2.24. The van der Waals surface area contributed by atoms with E-state index in [4.69, 9.17) is 0 Å². The van der Waals surface area contributed by atoms with E-state index in [0.29, 0.717) is 12.1 Å². The van der Waals surface area contributed by atoms with Crippen LogP contribution in [0, 0.1) is 6.92 Å². The molecule has 2 atom stereocenters. The molecule has 2 rings (SSSR count). The second kappa shape index (κ2) is 6.02. The first-order valence-electron chi connectivity index (χ1n) is 6.91. The minimum atomic E-state index is 0.306. The Morgan fingerprint density at radius 3 is 2.42 bits per heavy atom. The van der Waals surface area contributed by atoms with Crippen molar-refractivity contribution in [2.75, 3.05) is 0 Å². The van der Waals surface area contributed by atoms with Crippen LogP contribution in [-0.2, 0) is 7.05 Å². The van der Waals surface area contributed by atoms with Crippen LogP contribution in [0.15, 0.2) is 36.7 Å². The lowest BCUT2D eigenvalue weighted by Gasteiger charge is -2.22. The standard InChI is InChI=1S/C16H23N3/c1-5-16(14-8-6-12(2)7-9-14)18-13(3)15-10-17-19(4)11-15/h6-11,13,16,18H,5H2,1-4H3. The summed E-state index contributed by atoms with van der Waals surface area (Å²) in [4.78, 5) is 0. The third-order valence-electron chi connectivity index (χ3n) is 3.56. The summed E-state index contributed by atoms with van der Waals surface area (Å²) in [5, 5.41) is 7.91. The maximum Gasteiger partial charge on any atom is 0.0537 e. The van der Waals surface area contributed by atoms with Gasteiger partial charge in [0, 0.05) is 30.9 Å². The Morgan fingerprint density at radius 2 is 1.89 bits per heavy atom. The molecule has 3 nitrogen and oxygen atoms in total. The summed E-state index contributed by atoms with van der Waals surface area (Å²) in [6.07, 6.45) is 5.08. The molecule has 1 N–H and O–H groups in total. The first-order chi connectivity index (χ1) is 9.10. The van der Waals surface area contributed by atoms with Gasteiger partial charge in [-0.2, -0.15) is 5.10 Å². The number of aromatic nitrogens is 2. The number of nitrogens with zero attached hydrogens (tertiary/aromatic N) is 2. The maximum atomic E-state index is 4.23. The van der Waals surface area contributed by atoms with Crippen LogP contribution in [0.4, 0.5) is 0 Å². The fourth-order valence-corrected chi connectivity index (χ4v) is 2.31. The smallest absolute Gasteiger partial charge is 0.0537 e. The molecule has 1 heterocycles. The van der Waals surface area contributed by atoms with Crippen LogP contribution in [-0.4, -0.2) is 9.78 Å². The van der Waals surface area contributed by atoms with E-state index in [0.717, 1.165) is 6.42 Å². The molecule has 1 aromatic heterocycles. The highest BCUT2D eigenvalue weighted by Gasteiger charge is 2.14. The van der Waals surface area contributed by atoms with E-state index in [1.807, 2.05) is 17.9 Å².